The molecular formula is C24H22BrClN4O3. The molecule has 170 valence electrons. The standard InChI is InChI=1S/C24H22BrClN4O3/c1-15-13-30(12-11-29(15)14-22-27-17-6-2-3-8-19(17)33-22)23-16(26)5-4-7-18(23)28-24(31)20-9-10-21(25)32-20/h2-10,15H,11-14H2,1H3,(H,28,31). The van der Waals surface area contributed by atoms with Crippen LogP contribution in [0.5, 0.6) is 0 Å². The summed E-state index contributed by atoms with van der Waals surface area (Å²) in [4.78, 5) is 21.8. The zero-order chi connectivity index (χ0) is 22.9. The van der Waals surface area contributed by atoms with E-state index >= 15 is 0 Å². The number of rotatable bonds is 5. The number of amides is 1. The molecule has 1 atom stereocenters. The van der Waals surface area contributed by atoms with Gasteiger partial charge in [-0.1, -0.05) is 29.8 Å². The summed E-state index contributed by atoms with van der Waals surface area (Å²) in [6.45, 7) is 5.12. The Morgan fingerprint density at radius 1 is 1.15 bits per heavy atom. The van der Waals surface area contributed by atoms with Crippen LogP contribution < -0.4 is 10.2 Å². The van der Waals surface area contributed by atoms with Crippen molar-refractivity contribution in [2.75, 3.05) is 29.9 Å². The molecule has 1 saturated heterocycles. The first kappa shape index (κ1) is 22.0. The number of halogens is 2. The molecule has 33 heavy (non-hydrogen) atoms. The largest absolute Gasteiger partial charge is 0.444 e. The van der Waals surface area contributed by atoms with E-state index < -0.39 is 0 Å². The third kappa shape index (κ3) is 4.64. The van der Waals surface area contributed by atoms with Crippen LogP contribution in [-0.2, 0) is 6.54 Å². The number of furan rings is 1. The summed E-state index contributed by atoms with van der Waals surface area (Å²) in [5.41, 5.74) is 3.14. The Balaban J connectivity index is 1.31. The second-order valence-electron chi connectivity index (χ2n) is 8.03. The molecule has 4 aromatic rings. The number of benzene rings is 2. The molecule has 0 radical (unpaired) electrons. The van der Waals surface area contributed by atoms with Gasteiger partial charge in [0, 0.05) is 25.7 Å². The number of carbonyl (C=O) groups excluding carboxylic acids is 1. The average Bonchev–Trinajstić information content (AvgIpc) is 3.41. The molecule has 2 aromatic carbocycles. The van der Waals surface area contributed by atoms with Crippen molar-refractivity contribution in [1.29, 1.82) is 0 Å². The van der Waals surface area contributed by atoms with Crippen molar-refractivity contribution in [3.63, 3.8) is 0 Å². The highest BCUT2D eigenvalue weighted by molar-refractivity contribution is 9.10. The molecule has 3 heterocycles. The molecule has 1 amide bonds. The smallest absolute Gasteiger partial charge is 0.291 e. The zero-order valence-corrected chi connectivity index (χ0v) is 20.3. The number of anilines is 2. The van der Waals surface area contributed by atoms with Crippen LogP contribution >= 0.6 is 27.5 Å². The minimum absolute atomic E-state index is 0.226. The van der Waals surface area contributed by atoms with E-state index in [1.54, 1.807) is 12.1 Å². The van der Waals surface area contributed by atoms with Crippen molar-refractivity contribution in [2.45, 2.75) is 19.5 Å². The number of piperazine rings is 1. The van der Waals surface area contributed by atoms with Gasteiger partial charge in [-0.05, 0) is 59.3 Å². The van der Waals surface area contributed by atoms with Gasteiger partial charge in [-0.15, -0.1) is 0 Å². The van der Waals surface area contributed by atoms with Gasteiger partial charge in [-0.3, -0.25) is 9.69 Å². The van der Waals surface area contributed by atoms with Gasteiger partial charge in [0.1, 0.15) is 5.52 Å². The van der Waals surface area contributed by atoms with E-state index in [0.29, 0.717) is 27.8 Å². The highest BCUT2D eigenvalue weighted by atomic mass is 79.9. The van der Waals surface area contributed by atoms with Gasteiger partial charge in [0.25, 0.3) is 5.91 Å². The molecule has 1 fully saturated rings. The quantitative estimate of drug-likeness (QED) is 0.352. The van der Waals surface area contributed by atoms with E-state index in [1.165, 1.54) is 0 Å². The van der Waals surface area contributed by atoms with Crippen molar-refractivity contribution in [3.8, 4) is 0 Å². The van der Waals surface area contributed by atoms with Crippen LogP contribution in [0, 0.1) is 0 Å². The number of fused-ring (bicyclic) bond motifs is 1. The summed E-state index contributed by atoms with van der Waals surface area (Å²) in [6.07, 6.45) is 0. The maximum atomic E-state index is 12.7. The summed E-state index contributed by atoms with van der Waals surface area (Å²) in [7, 11) is 0. The van der Waals surface area contributed by atoms with Crippen molar-refractivity contribution < 1.29 is 13.6 Å². The second kappa shape index (κ2) is 9.21. The Morgan fingerprint density at radius 2 is 2.00 bits per heavy atom. The van der Waals surface area contributed by atoms with E-state index in [0.717, 1.165) is 36.4 Å². The first-order valence-electron chi connectivity index (χ1n) is 10.7. The molecule has 9 heteroatoms. The minimum atomic E-state index is -0.327. The summed E-state index contributed by atoms with van der Waals surface area (Å²) >= 11 is 9.82. The lowest BCUT2D eigenvalue weighted by molar-refractivity contribution is 0.0995. The number of nitrogens with one attached hydrogen (secondary N) is 1. The lowest BCUT2D eigenvalue weighted by atomic mass is 10.1. The number of hydrogen-bond donors (Lipinski definition) is 1. The summed E-state index contributed by atoms with van der Waals surface area (Å²) in [5.74, 6) is 0.614. The van der Waals surface area contributed by atoms with Crippen LogP contribution in [0.4, 0.5) is 11.4 Å². The van der Waals surface area contributed by atoms with Crippen LogP contribution in [0.25, 0.3) is 11.1 Å². The third-order valence-electron chi connectivity index (χ3n) is 5.79. The van der Waals surface area contributed by atoms with Gasteiger partial charge in [0.2, 0.25) is 5.89 Å². The van der Waals surface area contributed by atoms with Crippen LogP contribution in [0.2, 0.25) is 5.02 Å². The average molecular weight is 530 g/mol. The molecule has 7 nitrogen and oxygen atoms in total. The molecule has 5 rings (SSSR count). The minimum Gasteiger partial charge on any atom is -0.444 e. The van der Waals surface area contributed by atoms with Gasteiger partial charge in [-0.2, -0.15) is 0 Å². The molecule has 0 spiro atoms. The zero-order valence-electron chi connectivity index (χ0n) is 17.9. The van der Waals surface area contributed by atoms with E-state index in [2.05, 4.69) is 43.0 Å². The summed E-state index contributed by atoms with van der Waals surface area (Å²) in [5, 5.41) is 3.53. The van der Waals surface area contributed by atoms with Crippen molar-refractivity contribution in [1.82, 2.24) is 9.88 Å². The monoisotopic (exact) mass is 528 g/mol. The van der Waals surface area contributed by atoms with Crippen LogP contribution in [0.3, 0.4) is 0 Å². The van der Waals surface area contributed by atoms with Crippen LogP contribution in [-0.4, -0.2) is 41.5 Å². The maximum Gasteiger partial charge on any atom is 0.291 e. The Kier molecular flexibility index (Phi) is 6.14. The predicted molar refractivity (Wildman–Crippen MR) is 132 cm³/mol. The summed E-state index contributed by atoms with van der Waals surface area (Å²) < 4.78 is 11.8. The predicted octanol–water partition coefficient (Wildman–Crippen LogP) is 5.80. The fourth-order valence-corrected chi connectivity index (χ4v) is 4.75. The molecule has 1 aliphatic rings. The van der Waals surface area contributed by atoms with Gasteiger partial charge in [0.05, 0.1) is 22.9 Å². The molecule has 2 aromatic heterocycles. The molecular weight excluding hydrogens is 508 g/mol. The van der Waals surface area contributed by atoms with E-state index in [1.807, 2.05) is 42.5 Å². The van der Waals surface area contributed by atoms with Gasteiger partial charge in [0.15, 0.2) is 16.0 Å². The molecule has 1 unspecified atom stereocenters. The van der Waals surface area contributed by atoms with Gasteiger partial charge < -0.3 is 19.1 Å². The van der Waals surface area contributed by atoms with E-state index in [9.17, 15) is 4.79 Å². The topological polar surface area (TPSA) is 74.8 Å². The molecule has 0 saturated carbocycles. The molecule has 1 aliphatic heterocycles. The Labute approximate surface area is 204 Å². The molecule has 0 bridgehead atoms. The number of para-hydroxylation sites is 3. The van der Waals surface area contributed by atoms with Crippen LogP contribution in [0.1, 0.15) is 23.4 Å². The Hall–Kier alpha value is -2.81. The van der Waals surface area contributed by atoms with Gasteiger partial charge in [-0.25, -0.2) is 4.98 Å². The lowest BCUT2D eigenvalue weighted by Gasteiger charge is -2.41. The summed E-state index contributed by atoms with van der Waals surface area (Å²) in [6, 6.07) is 16.9. The highest BCUT2D eigenvalue weighted by Crippen LogP contribution is 2.36. The van der Waals surface area contributed by atoms with Crippen molar-refractivity contribution in [2.24, 2.45) is 0 Å². The van der Waals surface area contributed by atoms with Gasteiger partial charge >= 0.3 is 0 Å². The lowest BCUT2D eigenvalue weighted by Crippen LogP contribution is -2.51. The molecule has 1 N–H and O–H groups in total. The van der Waals surface area contributed by atoms with E-state index in [4.69, 9.17) is 20.4 Å². The maximum absolute atomic E-state index is 12.7. The number of carbonyl (C=O) groups is 1. The highest BCUT2D eigenvalue weighted by Gasteiger charge is 2.28. The Morgan fingerprint density at radius 3 is 2.76 bits per heavy atom. The molecule has 0 aliphatic carbocycles. The fraction of sp³-hybridized carbons (Fsp3) is 0.250. The number of nitrogens with zero attached hydrogens (tertiary/aromatic N) is 3. The SMILES string of the molecule is CC1CN(c2c(Cl)cccc2NC(=O)c2ccc(Br)o2)CCN1Cc1nc2ccccc2o1. The second-order valence-corrected chi connectivity index (χ2v) is 9.22. The van der Waals surface area contributed by atoms with Crippen molar-refractivity contribution in [3.05, 3.63) is 75.9 Å². The number of hydrogen-bond acceptors (Lipinski definition) is 6. The third-order valence-corrected chi connectivity index (χ3v) is 6.52. The van der Waals surface area contributed by atoms with E-state index in [-0.39, 0.29) is 17.7 Å². The first-order chi connectivity index (χ1) is 16.0. The van der Waals surface area contributed by atoms with Crippen LogP contribution in [0.15, 0.2) is 68.1 Å². The normalized spacial score (nSPS) is 16.9. The fourth-order valence-electron chi connectivity index (χ4n) is 4.15. The number of oxazole rings is 1. The number of aromatic nitrogens is 1. The first-order valence-corrected chi connectivity index (χ1v) is 11.8. The Bertz CT molecular complexity index is 1270. The van der Waals surface area contributed by atoms with Crippen molar-refractivity contribution >= 4 is 55.9 Å².